The van der Waals surface area contributed by atoms with Gasteiger partial charge in [0.15, 0.2) is 0 Å². The molecule has 76 valence electrons. The number of likely N-dealkylation sites (tertiary alicyclic amines) is 1. The predicted molar refractivity (Wildman–Crippen MR) is 59.3 cm³/mol. The molecule has 2 rings (SSSR count). The van der Waals surface area contributed by atoms with Gasteiger partial charge >= 0.3 is 0 Å². The summed E-state index contributed by atoms with van der Waals surface area (Å²) in [5, 5.41) is 3.31. The number of hydrogen-bond acceptors (Lipinski definition) is 4. The fourth-order valence-electron chi connectivity index (χ4n) is 1.62. The highest BCUT2D eigenvalue weighted by atomic mass is 79.9. The topological polar surface area (TPSA) is 41.0 Å². The van der Waals surface area contributed by atoms with Crippen LogP contribution in [-0.4, -0.2) is 41.0 Å². The second-order valence-electron chi connectivity index (χ2n) is 3.62. The molecule has 2 heterocycles. The normalized spacial score (nSPS) is 22.6. The van der Waals surface area contributed by atoms with E-state index in [4.69, 9.17) is 0 Å². The maximum Gasteiger partial charge on any atom is 0.222 e. The van der Waals surface area contributed by atoms with Crippen molar-refractivity contribution in [2.75, 3.05) is 25.5 Å². The summed E-state index contributed by atoms with van der Waals surface area (Å²) in [6.07, 6.45) is 4.68. The molecular weight excluding hydrogens is 244 g/mol. The number of nitrogens with one attached hydrogen (secondary N) is 1. The highest BCUT2D eigenvalue weighted by Crippen LogP contribution is 2.12. The number of likely N-dealkylation sites (N-methyl/N-ethyl adjacent to an activating group) is 1. The van der Waals surface area contributed by atoms with Crippen molar-refractivity contribution in [1.29, 1.82) is 0 Å². The van der Waals surface area contributed by atoms with Crippen LogP contribution in [0.2, 0.25) is 0 Å². The van der Waals surface area contributed by atoms with Crippen molar-refractivity contribution >= 4 is 21.9 Å². The van der Waals surface area contributed by atoms with Crippen LogP contribution in [0, 0.1) is 0 Å². The minimum atomic E-state index is 0.487. The number of nitrogens with zero attached hydrogens (tertiary/aromatic N) is 3. The average Bonchev–Trinajstić information content (AvgIpc) is 2.56. The zero-order chi connectivity index (χ0) is 9.97. The van der Waals surface area contributed by atoms with Gasteiger partial charge in [-0.25, -0.2) is 9.97 Å². The third-order valence-corrected chi connectivity index (χ3v) is 2.75. The van der Waals surface area contributed by atoms with Gasteiger partial charge in [0.25, 0.3) is 0 Å². The number of hydrogen-bond donors (Lipinski definition) is 1. The lowest BCUT2D eigenvalue weighted by molar-refractivity contribution is 0.414. The molecule has 1 saturated heterocycles. The first kappa shape index (κ1) is 9.86. The van der Waals surface area contributed by atoms with E-state index in [2.05, 4.69) is 43.2 Å². The molecule has 0 saturated carbocycles. The SMILES string of the molecule is CN1CCC(Nc2ncc(Br)cn2)C1. The smallest absolute Gasteiger partial charge is 0.222 e. The van der Waals surface area contributed by atoms with Gasteiger partial charge in [0.1, 0.15) is 0 Å². The third kappa shape index (κ3) is 2.42. The van der Waals surface area contributed by atoms with Crippen LogP contribution in [0.5, 0.6) is 0 Å². The molecule has 1 aromatic heterocycles. The summed E-state index contributed by atoms with van der Waals surface area (Å²) in [6, 6.07) is 0.487. The predicted octanol–water partition coefficient (Wildman–Crippen LogP) is 1.36. The van der Waals surface area contributed by atoms with E-state index in [9.17, 15) is 0 Å². The van der Waals surface area contributed by atoms with Gasteiger partial charge in [-0.2, -0.15) is 0 Å². The first-order chi connectivity index (χ1) is 6.74. The summed E-state index contributed by atoms with van der Waals surface area (Å²) < 4.78 is 0.909. The third-order valence-electron chi connectivity index (χ3n) is 2.34. The second-order valence-corrected chi connectivity index (χ2v) is 4.53. The molecule has 14 heavy (non-hydrogen) atoms. The van der Waals surface area contributed by atoms with E-state index in [0.717, 1.165) is 24.0 Å². The van der Waals surface area contributed by atoms with Crippen molar-refractivity contribution in [1.82, 2.24) is 14.9 Å². The van der Waals surface area contributed by atoms with E-state index in [-0.39, 0.29) is 0 Å². The molecule has 1 atom stereocenters. The molecule has 0 aliphatic carbocycles. The molecule has 1 aromatic rings. The first-order valence-corrected chi connectivity index (χ1v) is 5.46. The highest BCUT2D eigenvalue weighted by Gasteiger charge is 2.19. The van der Waals surface area contributed by atoms with Crippen LogP contribution in [0.1, 0.15) is 6.42 Å². The standard InChI is InChI=1S/C9H13BrN4/c1-14-3-2-8(6-14)13-9-11-4-7(10)5-12-9/h4-5,8H,2-3,6H2,1H3,(H,11,12,13). The summed E-state index contributed by atoms with van der Waals surface area (Å²) in [4.78, 5) is 10.7. The molecule has 1 aliphatic heterocycles. The Morgan fingerprint density at radius 2 is 2.21 bits per heavy atom. The van der Waals surface area contributed by atoms with E-state index in [0.29, 0.717) is 12.0 Å². The molecule has 0 amide bonds. The Morgan fingerprint density at radius 1 is 1.50 bits per heavy atom. The lowest BCUT2D eigenvalue weighted by Gasteiger charge is -2.12. The minimum Gasteiger partial charge on any atom is -0.350 e. The van der Waals surface area contributed by atoms with Gasteiger partial charge in [-0.05, 0) is 35.9 Å². The maximum absolute atomic E-state index is 4.18. The van der Waals surface area contributed by atoms with E-state index >= 15 is 0 Å². The van der Waals surface area contributed by atoms with Gasteiger partial charge < -0.3 is 10.2 Å². The highest BCUT2D eigenvalue weighted by molar-refractivity contribution is 9.10. The molecule has 1 fully saturated rings. The molecule has 0 radical (unpaired) electrons. The molecule has 1 N–H and O–H groups in total. The van der Waals surface area contributed by atoms with Gasteiger partial charge in [0.05, 0.1) is 4.47 Å². The average molecular weight is 257 g/mol. The molecule has 1 aliphatic rings. The van der Waals surface area contributed by atoms with Crippen LogP contribution in [0.15, 0.2) is 16.9 Å². The summed E-state index contributed by atoms with van der Waals surface area (Å²) in [6.45, 7) is 2.22. The Labute approximate surface area is 91.9 Å². The van der Waals surface area contributed by atoms with Gasteiger partial charge in [0, 0.05) is 25.0 Å². The number of rotatable bonds is 2. The van der Waals surface area contributed by atoms with Crippen LogP contribution in [0.25, 0.3) is 0 Å². The van der Waals surface area contributed by atoms with Crippen LogP contribution in [-0.2, 0) is 0 Å². The van der Waals surface area contributed by atoms with E-state index in [1.807, 2.05) is 0 Å². The van der Waals surface area contributed by atoms with Crippen LogP contribution in [0.3, 0.4) is 0 Å². The number of halogens is 1. The Balaban J connectivity index is 1.94. The molecule has 5 heteroatoms. The Hall–Kier alpha value is -0.680. The van der Waals surface area contributed by atoms with Crippen molar-refractivity contribution in [3.8, 4) is 0 Å². The molecule has 0 bridgehead atoms. The van der Waals surface area contributed by atoms with Crippen LogP contribution in [0.4, 0.5) is 5.95 Å². The molecule has 0 aromatic carbocycles. The largest absolute Gasteiger partial charge is 0.350 e. The van der Waals surface area contributed by atoms with Gasteiger partial charge in [-0.1, -0.05) is 0 Å². The van der Waals surface area contributed by atoms with Crippen molar-refractivity contribution < 1.29 is 0 Å². The van der Waals surface area contributed by atoms with Crippen molar-refractivity contribution in [3.05, 3.63) is 16.9 Å². The minimum absolute atomic E-state index is 0.487. The maximum atomic E-state index is 4.18. The zero-order valence-electron chi connectivity index (χ0n) is 8.07. The Kier molecular flexibility index (Phi) is 2.98. The summed E-state index contributed by atoms with van der Waals surface area (Å²) in [7, 11) is 2.13. The first-order valence-electron chi connectivity index (χ1n) is 4.66. The van der Waals surface area contributed by atoms with Crippen LogP contribution >= 0.6 is 15.9 Å². The quantitative estimate of drug-likeness (QED) is 0.868. The lowest BCUT2D eigenvalue weighted by Crippen LogP contribution is -2.24. The molecular formula is C9H13BrN4. The van der Waals surface area contributed by atoms with E-state index < -0.39 is 0 Å². The van der Waals surface area contributed by atoms with Crippen LogP contribution < -0.4 is 5.32 Å². The Bertz CT molecular complexity index is 300. The fraction of sp³-hybridized carbons (Fsp3) is 0.556. The van der Waals surface area contributed by atoms with Crippen molar-refractivity contribution in [2.45, 2.75) is 12.5 Å². The lowest BCUT2D eigenvalue weighted by atomic mass is 10.3. The fourth-order valence-corrected chi connectivity index (χ4v) is 1.83. The van der Waals surface area contributed by atoms with Gasteiger partial charge in [-0.3, -0.25) is 0 Å². The summed E-state index contributed by atoms with van der Waals surface area (Å²) >= 11 is 3.31. The number of aromatic nitrogens is 2. The number of anilines is 1. The molecule has 0 spiro atoms. The van der Waals surface area contributed by atoms with Gasteiger partial charge in [0.2, 0.25) is 5.95 Å². The summed E-state index contributed by atoms with van der Waals surface area (Å²) in [5.41, 5.74) is 0. The monoisotopic (exact) mass is 256 g/mol. The summed E-state index contributed by atoms with van der Waals surface area (Å²) in [5.74, 6) is 0.716. The Morgan fingerprint density at radius 3 is 2.79 bits per heavy atom. The second kappa shape index (κ2) is 4.23. The zero-order valence-corrected chi connectivity index (χ0v) is 9.66. The molecule has 1 unspecified atom stereocenters. The van der Waals surface area contributed by atoms with E-state index in [1.165, 1.54) is 0 Å². The van der Waals surface area contributed by atoms with Crippen molar-refractivity contribution in [2.24, 2.45) is 0 Å². The molecule has 4 nitrogen and oxygen atoms in total. The van der Waals surface area contributed by atoms with Gasteiger partial charge in [-0.15, -0.1) is 0 Å². The van der Waals surface area contributed by atoms with Crippen molar-refractivity contribution in [3.63, 3.8) is 0 Å². The van der Waals surface area contributed by atoms with E-state index in [1.54, 1.807) is 12.4 Å².